The number of anilines is 1. The van der Waals surface area contributed by atoms with Gasteiger partial charge in [0.2, 0.25) is 0 Å². The van der Waals surface area contributed by atoms with Crippen molar-refractivity contribution >= 4 is 34.2 Å². The molecule has 1 aromatic heterocycles. The van der Waals surface area contributed by atoms with Gasteiger partial charge < -0.3 is 23.6 Å². The highest BCUT2D eigenvalue weighted by Gasteiger charge is 2.33. The molecule has 0 N–H and O–H groups in total. The number of carbonyl (C=O) groups excluding carboxylic acids is 2. The molecule has 8 nitrogen and oxygen atoms in total. The molecule has 0 fully saturated rings. The third-order valence-corrected chi connectivity index (χ3v) is 6.87. The molecule has 0 radical (unpaired) electrons. The third kappa shape index (κ3) is 5.94. The van der Waals surface area contributed by atoms with E-state index in [1.54, 1.807) is 42.2 Å². The van der Waals surface area contributed by atoms with Gasteiger partial charge in [0, 0.05) is 23.1 Å². The van der Waals surface area contributed by atoms with Crippen molar-refractivity contribution in [3.8, 4) is 17.1 Å². The van der Waals surface area contributed by atoms with Crippen LogP contribution in [-0.4, -0.2) is 44.5 Å². The normalized spacial score (nSPS) is 13.6. The quantitative estimate of drug-likeness (QED) is 0.109. The maximum absolute atomic E-state index is 13.5. The lowest BCUT2D eigenvalue weighted by Gasteiger charge is -2.16. The number of benzene rings is 3. The van der Waals surface area contributed by atoms with Gasteiger partial charge in [-0.05, 0) is 68.3 Å². The number of esters is 1. The predicted molar refractivity (Wildman–Crippen MR) is 154 cm³/mol. The van der Waals surface area contributed by atoms with Crippen molar-refractivity contribution in [2.45, 2.75) is 32.6 Å². The molecule has 1 aliphatic rings. The van der Waals surface area contributed by atoms with Gasteiger partial charge in [-0.15, -0.1) is 0 Å². The zero-order chi connectivity index (χ0) is 28.8. The Labute approximate surface area is 237 Å². The Kier molecular flexibility index (Phi) is 8.62. The average Bonchev–Trinajstić information content (AvgIpc) is 3.48. The molecule has 1 amide bonds. The molecule has 0 spiro atoms. The lowest BCUT2D eigenvalue weighted by atomic mass is 10.1. The highest BCUT2D eigenvalue weighted by atomic mass is 19.1. The number of fused-ring (bicyclic) bond motifs is 2. The number of hydrogen-bond donors (Lipinski definition) is 0. The van der Waals surface area contributed by atoms with E-state index in [0.29, 0.717) is 46.9 Å². The van der Waals surface area contributed by atoms with Crippen LogP contribution in [0, 0.1) is 5.82 Å². The summed E-state index contributed by atoms with van der Waals surface area (Å²) in [7, 11) is 1.44. The van der Waals surface area contributed by atoms with Gasteiger partial charge in [-0.3, -0.25) is 4.79 Å². The Bertz CT molecular complexity index is 1580. The minimum atomic E-state index is -0.512. The summed E-state index contributed by atoms with van der Waals surface area (Å²) < 4.78 is 30.7. The molecule has 0 saturated carbocycles. The van der Waals surface area contributed by atoms with Crippen molar-refractivity contribution in [3.63, 3.8) is 0 Å². The van der Waals surface area contributed by atoms with Crippen LogP contribution in [0.4, 0.5) is 10.1 Å². The molecule has 5 rings (SSSR count). The van der Waals surface area contributed by atoms with Crippen LogP contribution in [0.1, 0.15) is 48.5 Å². The van der Waals surface area contributed by atoms with Crippen molar-refractivity contribution in [3.05, 3.63) is 83.7 Å². The molecule has 3 aromatic carbocycles. The molecule has 9 heteroatoms. The maximum atomic E-state index is 13.5. The van der Waals surface area contributed by atoms with Crippen molar-refractivity contribution in [2.24, 2.45) is 5.16 Å². The first kappa shape index (κ1) is 27.9. The summed E-state index contributed by atoms with van der Waals surface area (Å²) in [5.41, 5.74) is 3.36. The van der Waals surface area contributed by atoms with Crippen molar-refractivity contribution < 1.29 is 32.7 Å². The number of carbonyl (C=O) groups is 2. The second-order valence-electron chi connectivity index (χ2n) is 9.55. The van der Waals surface area contributed by atoms with Crippen LogP contribution in [0.15, 0.2) is 76.3 Å². The van der Waals surface area contributed by atoms with Gasteiger partial charge in [-0.1, -0.05) is 36.2 Å². The van der Waals surface area contributed by atoms with E-state index in [1.807, 2.05) is 24.3 Å². The molecule has 212 valence electrons. The number of amides is 1. The summed E-state index contributed by atoms with van der Waals surface area (Å²) in [6, 6.07) is 18.7. The van der Waals surface area contributed by atoms with E-state index in [1.165, 1.54) is 19.2 Å². The third-order valence-electron chi connectivity index (χ3n) is 6.87. The average molecular weight is 559 g/mol. The molecule has 41 heavy (non-hydrogen) atoms. The predicted octanol–water partition coefficient (Wildman–Crippen LogP) is 6.75. The highest BCUT2D eigenvalue weighted by Crippen LogP contribution is 2.36. The van der Waals surface area contributed by atoms with E-state index in [0.717, 1.165) is 36.9 Å². The zero-order valence-corrected chi connectivity index (χ0v) is 23.0. The number of unbranched alkanes of at least 4 members (excludes halogenated alkanes) is 3. The van der Waals surface area contributed by atoms with Gasteiger partial charge in [-0.25, -0.2) is 9.18 Å². The Morgan fingerprint density at radius 3 is 2.56 bits per heavy atom. The van der Waals surface area contributed by atoms with Crippen molar-refractivity contribution in [1.29, 1.82) is 0 Å². The molecule has 0 bridgehead atoms. The number of nitrogens with zero attached hydrogens (tertiary/aromatic N) is 2. The number of furan rings is 1. The van der Waals surface area contributed by atoms with E-state index >= 15 is 0 Å². The fourth-order valence-corrected chi connectivity index (χ4v) is 4.96. The number of rotatable bonds is 12. The summed E-state index contributed by atoms with van der Waals surface area (Å²) in [6.07, 6.45) is 3.53. The van der Waals surface area contributed by atoms with E-state index < -0.39 is 5.97 Å². The van der Waals surface area contributed by atoms with Gasteiger partial charge >= 0.3 is 5.97 Å². The Hall–Kier alpha value is -4.66. The zero-order valence-electron chi connectivity index (χ0n) is 23.0. The van der Waals surface area contributed by atoms with Crippen LogP contribution in [0.2, 0.25) is 0 Å². The topological polar surface area (TPSA) is 90.6 Å². The Morgan fingerprint density at radius 2 is 1.78 bits per heavy atom. The number of ether oxygens (including phenoxy) is 2. The summed E-state index contributed by atoms with van der Waals surface area (Å²) in [5.74, 6) is -0.0916. The first-order valence-corrected chi connectivity index (χ1v) is 13.7. The smallest absolute Gasteiger partial charge is 0.342 e. The summed E-state index contributed by atoms with van der Waals surface area (Å²) in [4.78, 5) is 32.3. The fourth-order valence-electron chi connectivity index (χ4n) is 4.96. The first-order valence-electron chi connectivity index (χ1n) is 13.7. The van der Waals surface area contributed by atoms with Crippen LogP contribution >= 0.6 is 0 Å². The van der Waals surface area contributed by atoms with Crippen LogP contribution in [-0.2, 0) is 14.4 Å². The molecule has 0 aliphatic carbocycles. The molecular formula is C32H31FN2O6. The molecule has 0 saturated heterocycles. The van der Waals surface area contributed by atoms with Crippen LogP contribution in [0.3, 0.4) is 0 Å². The summed E-state index contributed by atoms with van der Waals surface area (Å²) in [6.45, 7) is 3.05. The SMILES string of the molecule is CCOC(=O)c1c(-c2ccc(F)cc2)oc2ccc(OCCCCCCN3C(=O)/C(=N/OC)c4ccccc43)cc12. The first-order chi connectivity index (χ1) is 20.0. The Balaban J connectivity index is 1.17. The van der Waals surface area contributed by atoms with Crippen molar-refractivity contribution in [1.82, 2.24) is 0 Å². The second-order valence-corrected chi connectivity index (χ2v) is 9.55. The summed E-state index contributed by atoms with van der Waals surface area (Å²) >= 11 is 0. The number of hydrogen-bond acceptors (Lipinski definition) is 7. The monoisotopic (exact) mass is 558 g/mol. The molecule has 1 aliphatic heterocycles. The number of para-hydroxylation sites is 1. The van der Waals surface area contributed by atoms with Gasteiger partial charge in [0.05, 0.1) is 18.9 Å². The van der Waals surface area contributed by atoms with E-state index in [2.05, 4.69) is 5.16 Å². The van der Waals surface area contributed by atoms with E-state index in [4.69, 9.17) is 18.7 Å². The Morgan fingerprint density at radius 1 is 1.00 bits per heavy atom. The van der Waals surface area contributed by atoms with Crippen LogP contribution < -0.4 is 9.64 Å². The fraction of sp³-hybridized carbons (Fsp3) is 0.281. The van der Waals surface area contributed by atoms with Gasteiger partial charge in [0.15, 0.2) is 5.71 Å². The minimum absolute atomic E-state index is 0.143. The van der Waals surface area contributed by atoms with Gasteiger partial charge in [0.25, 0.3) is 5.91 Å². The van der Waals surface area contributed by atoms with Crippen LogP contribution in [0.5, 0.6) is 5.75 Å². The number of halogens is 1. The van der Waals surface area contributed by atoms with Gasteiger partial charge in [0.1, 0.15) is 35.6 Å². The largest absolute Gasteiger partial charge is 0.494 e. The second kappa shape index (κ2) is 12.7. The van der Waals surface area contributed by atoms with E-state index in [9.17, 15) is 14.0 Å². The molecule has 0 atom stereocenters. The molecular weight excluding hydrogens is 527 g/mol. The molecule has 2 heterocycles. The maximum Gasteiger partial charge on any atom is 0.342 e. The highest BCUT2D eigenvalue weighted by molar-refractivity contribution is 6.54. The lowest BCUT2D eigenvalue weighted by molar-refractivity contribution is -0.112. The standard InChI is InChI=1S/C32H31FN2O6/c1-3-39-32(37)28-25-20-23(16-17-27(25)41-30(28)21-12-14-22(33)15-13-21)40-19-9-5-4-8-18-35-26-11-7-6-10-24(26)29(31(35)36)34-38-2/h6-7,10-17,20H,3-5,8-9,18-19H2,1-2H3/b34-29+. The lowest BCUT2D eigenvalue weighted by Crippen LogP contribution is -2.31. The minimum Gasteiger partial charge on any atom is -0.494 e. The molecule has 4 aromatic rings. The van der Waals surface area contributed by atoms with Gasteiger partial charge in [-0.2, -0.15) is 0 Å². The summed E-state index contributed by atoms with van der Waals surface area (Å²) in [5, 5.41) is 4.50. The van der Waals surface area contributed by atoms with E-state index in [-0.39, 0.29) is 23.9 Å². The molecule has 0 unspecified atom stereocenters. The van der Waals surface area contributed by atoms with Crippen molar-refractivity contribution in [2.75, 3.05) is 31.8 Å². The number of oxime groups is 1. The van der Waals surface area contributed by atoms with Crippen LogP contribution in [0.25, 0.3) is 22.3 Å².